The lowest BCUT2D eigenvalue weighted by atomic mass is 10.1. The minimum absolute atomic E-state index is 0.139. The summed E-state index contributed by atoms with van der Waals surface area (Å²) >= 11 is 0. The molecule has 0 fully saturated rings. The minimum Gasteiger partial charge on any atom is -0.496 e. The summed E-state index contributed by atoms with van der Waals surface area (Å²) < 4.78 is 10.5. The van der Waals surface area contributed by atoms with Crippen LogP contribution in [0.4, 0.5) is 5.69 Å². The number of esters is 1. The van der Waals surface area contributed by atoms with E-state index in [9.17, 15) is 9.59 Å². The summed E-state index contributed by atoms with van der Waals surface area (Å²) in [6.45, 7) is -0.620. The van der Waals surface area contributed by atoms with Crippen LogP contribution in [0.25, 0.3) is 10.8 Å². The zero-order valence-corrected chi connectivity index (χ0v) is 15.3. The first-order chi connectivity index (χ1) is 13.6. The second-order valence-corrected chi connectivity index (χ2v) is 5.95. The highest BCUT2D eigenvalue weighted by Gasteiger charge is 2.20. The van der Waals surface area contributed by atoms with Crippen LogP contribution in [0.5, 0.6) is 5.75 Å². The Kier molecular flexibility index (Phi) is 5.87. The van der Waals surface area contributed by atoms with E-state index in [-0.39, 0.29) is 12.1 Å². The molecular weight excluding hydrogens is 356 g/mol. The van der Waals surface area contributed by atoms with Gasteiger partial charge in [-0.2, -0.15) is 5.26 Å². The minimum atomic E-state index is -0.666. The maximum absolute atomic E-state index is 12.6. The van der Waals surface area contributed by atoms with Crippen molar-refractivity contribution in [2.45, 2.75) is 0 Å². The van der Waals surface area contributed by atoms with Gasteiger partial charge in [-0.25, -0.2) is 4.79 Å². The number of nitrogens with zero attached hydrogens (tertiary/aromatic N) is 2. The van der Waals surface area contributed by atoms with E-state index in [1.807, 2.05) is 36.4 Å². The molecule has 1 amide bonds. The average Bonchev–Trinajstić information content (AvgIpc) is 2.75. The van der Waals surface area contributed by atoms with Crippen LogP contribution in [-0.2, 0) is 9.53 Å². The average molecular weight is 374 g/mol. The Morgan fingerprint density at radius 1 is 1.00 bits per heavy atom. The molecule has 3 rings (SSSR count). The molecule has 0 aliphatic rings. The number of hydrogen-bond acceptors (Lipinski definition) is 5. The van der Waals surface area contributed by atoms with Gasteiger partial charge in [-0.1, -0.05) is 42.5 Å². The summed E-state index contributed by atoms with van der Waals surface area (Å²) in [5.74, 6) is -0.783. The van der Waals surface area contributed by atoms with Gasteiger partial charge in [0.05, 0.1) is 13.2 Å². The van der Waals surface area contributed by atoms with Gasteiger partial charge in [-0.05, 0) is 35.0 Å². The Morgan fingerprint density at radius 2 is 1.64 bits per heavy atom. The van der Waals surface area contributed by atoms with Crippen molar-refractivity contribution in [3.05, 3.63) is 72.3 Å². The van der Waals surface area contributed by atoms with Crippen molar-refractivity contribution in [2.24, 2.45) is 0 Å². The van der Waals surface area contributed by atoms with Crippen LogP contribution in [0.1, 0.15) is 10.4 Å². The predicted octanol–water partition coefficient (Wildman–Crippen LogP) is 3.56. The van der Waals surface area contributed by atoms with Crippen LogP contribution in [0.15, 0.2) is 66.7 Å². The number of methoxy groups -OCH3 is 1. The normalized spacial score (nSPS) is 10.1. The number of amides is 1. The van der Waals surface area contributed by atoms with Gasteiger partial charge in [0.1, 0.15) is 17.9 Å². The third kappa shape index (κ3) is 4.10. The largest absolute Gasteiger partial charge is 0.496 e. The molecule has 0 spiro atoms. The summed E-state index contributed by atoms with van der Waals surface area (Å²) in [5, 5.41) is 10.8. The summed E-state index contributed by atoms with van der Waals surface area (Å²) in [6.07, 6.45) is 0. The van der Waals surface area contributed by atoms with E-state index in [0.717, 1.165) is 10.8 Å². The molecular formula is C22H18N2O4. The van der Waals surface area contributed by atoms with Crippen LogP contribution >= 0.6 is 0 Å². The van der Waals surface area contributed by atoms with Crippen molar-refractivity contribution in [3.8, 4) is 11.8 Å². The lowest BCUT2D eigenvalue weighted by molar-refractivity contribution is -0.121. The van der Waals surface area contributed by atoms with E-state index in [4.69, 9.17) is 14.7 Å². The Hall–Kier alpha value is -3.85. The van der Waals surface area contributed by atoms with E-state index in [1.165, 1.54) is 12.0 Å². The maximum Gasteiger partial charge on any atom is 0.342 e. The monoisotopic (exact) mass is 374 g/mol. The molecule has 6 heteroatoms. The number of carbonyl (C=O) groups excluding carboxylic acids is 2. The standard InChI is InChI=1S/C22H18N2O4/c1-27-20-14-17-8-6-5-7-16(17)13-19(20)22(26)28-15-21(25)24(12-11-23)18-9-3-2-4-10-18/h2-10,13-14H,12,15H2,1H3. The molecule has 140 valence electrons. The van der Waals surface area contributed by atoms with Crippen LogP contribution in [0.2, 0.25) is 0 Å². The Balaban J connectivity index is 1.77. The van der Waals surface area contributed by atoms with Gasteiger partial charge in [0.25, 0.3) is 5.91 Å². The van der Waals surface area contributed by atoms with Crippen LogP contribution in [-0.4, -0.2) is 32.1 Å². The molecule has 0 bridgehead atoms. The van der Waals surface area contributed by atoms with Crippen LogP contribution in [0.3, 0.4) is 0 Å². The van der Waals surface area contributed by atoms with Crippen molar-refractivity contribution in [1.29, 1.82) is 5.26 Å². The third-order valence-corrected chi connectivity index (χ3v) is 4.21. The van der Waals surface area contributed by atoms with E-state index < -0.39 is 18.5 Å². The molecule has 3 aromatic carbocycles. The van der Waals surface area contributed by atoms with Gasteiger partial charge in [0.2, 0.25) is 0 Å². The fourth-order valence-electron chi connectivity index (χ4n) is 2.83. The molecule has 0 N–H and O–H groups in total. The number of para-hydroxylation sites is 1. The molecule has 0 saturated carbocycles. The smallest absolute Gasteiger partial charge is 0.342 e. The van der Waals surface area contributed by atoms with Gasteiger partial charge in [0.15, 0.2) is 6.61 Å². The summed E-state index contributed by atoms with van der Waals surface area (Å²) in [7, 11) is 1.47. The predicted molar refractivity (Wildman–Crippen MR) is 105 cm³/mol. The molecule has 6 nitrogen and oxygen atoms in total. The third-order valence-electron chi connectivity index (χ3n) is 4.21. The van der Waals surface area contributed by atoms with Gasteiger partial charge < -0.3 is 9.47 Å². The van der Waals surface area contributed by atoms with Crippen molar-refractivity contribution < 1.29 is 19.1 Å². The Morgan fingerprint density at radius 3 is 2.29 bits per heavy atom. The first-order valence-corrected chi connectivity index (χ1v) is 8.60. The Bertz CT molecular complexity index is 1040. The van der Waals surface area contributed by atoms with Gasteiger partial charge in [-0.15, -0.1) is 0 Å². The number of fused-ring (bicyclic) bond motifs is 1. The van der Waals surface area contributed by atoms with E-state index in [2.05, 4.69) is 0 Å². The number of ether oxygens (including phenoxy) is 2. The summed E-state index contributed by atoms with van der Waals surface area (Å²) in [6, 6.07) is 21.7. The first kappa shape index (κ1) is 18.9. The number of anilines is 1. The van der Waals surface area contributed by atoms with E-state index in [1.54, 1.807) is 36.4 Å². The first-order valence-electron chi connectivity index (χ1n) is 8.60. The summed E-state index contributed by atoms with van der Waals surface area (Å²) in [4.78, 5) is 26.3. The highest BCUT2D eigenvalue weighted by atomic mass is 16.5. The fourth-order valence-corrected chi connectivity index (χ4v) is 2.83. The molecule has 0 unspecified atom stereocenters. The second-order valence-electron chi connectivity index (χ2n) is 5.95. The number of rotatable bonds is 6. The lowest BCUT2D eigenvalue weighted by Crippen LogP contribution is -2.35. The quantitative estimate of drug-likeness (QED) is 0.487. The molecule has 0 saturated heterocycles. The number of carbonyl (C=O) groups is 2. The number of hydrogen-bond donors (Lipinski definition) is 0. The van der Waals surface area contributed by atoms with E-state index >= 15 is 0 Å². The molecule has 0 aliphatic carbocycles. The molecule has 0 radical (unpaired) electrons. The zero-order chi connectivity index (χ0) is 19.9. The second kappa shape index (κ2) is 8.69. The summed E-state index contributed by atoms with van der Waals surface area (Å²) in [5.41, 5.74) is 0.800. The SMILES string of the molecule is COc1cc2ccccc2cc1C(=O)OCC(=O)N(CC#N)c1ccccc1. The van der Waals surface area contributed by atoms with Gasteiger partial charge >= 0.3 is 5.97 Å². The molecule has 0 atom stereocenters. The van der Waals surface area contributed by atoms with Crippen LogP contribution in [0, 0.1) is 11.3 Å². The van der Waals surface area contributed by atoms with Crippen LogP contribution < -0.4 is 9.64 Å². The molecule has 0 aliphatic heterocycles. The van der Waals surface area contributed by atoms with Gasteiger partial charge in [0, 0.05) is 5.69 Å². The van der Waals surface area contributed by atoms with E-state index in [0.29, 0.717) is 11.4 Å². The number of nitriles is 1. The van der Waals surface area contributed by atoms with Crippen molar-refractivity contribution in [1.82, 2.24) is 0 Å². The molecule has 3 aromatic rings. The maximum atomic E-state index is 12.6. The fraction of sp³-hybridized carbons (Fsp3) is 0.136. The molecule has 28 heavy (non-hydrogen) atoms. The van der Waals surface area contributed by atoms with Crippen molar-refractivity contribution in [2.75, 3.05) is 25.2 Å². The highest BCUT2D eigenvalue weighted by molar-refractivity contribution is 6.01. The van der Waals surface area contributed by atoms with Crippen molar-refractivity contribution in [3.63, 3.8) is 0 Å². The number of benzene rings is 3. The Labute approximate surface area is 162 Å². The van der Waals surface area contributed by atoms with Crippen molar-refractivity contribution >= 4 is 28.3 Å². The molecule has 0 aromatic heterocycles. The zero-order valence-electron chi connectivity index (χ0n) is 15.3. The van der Waals surface area contributed by atoms with Gasteiger partial charge in [-0.3, -0.25) is 9.69 Å². The topological polar surface area (TPSA) is 79.6 Å². The molecule has 0 heterocycles. The highest BCUT2D eigenvalue weighted by Crippen LogP contribution is 2.26. The lowest BCUT2D eigenvalue weighted by Gasteiger charge is -2.19.